The van der Waals surface area contributed by atoms with Crippen molar-refractivity contribution in [2.45, 2.75) is 12.8 Å². The Hall–Kier alpha value is -3.21. The summed E-state index contributed by atoms with van der Waals surface area (Å²) in [7, 11) is 0. The Morgan fingerprint density at radius 1 is 1.08 bits per heavy atom. The first kappa shape index (κ1) is 17.6. The number of hydrogen-bond donors (Lipinski definition) is 2. The molecule has 0 atom stereocenters. The molecule has 0 aliphatic carbocycles. The molecule has 0 aliphatic rings. The normalized spacial score (nSPS) is 11.2. The predicted molar refractivity (Wildman–Crippen MR) is 100 cm³/mol. The number of alkyl halides is 2. The summed E-state index contributed by atoms with van der Waals surface area (Å²) in [6.07, 6.45) is 1.38. The lowest BCUT2D eigenvalue weighted by Crippen LogP contribution is -2.07. The van der Waals surface area contributed by atoms with Crippen LogP contribution in [0, 0.1) is 0 Å². The number of nitrogens with zero attached hydrogens (tertiary/aromatic N) is 1. The van der Waals surface area contributed by atoms with Gasteiger partial charge >= 0.3 is 0 Å². The third-order valence-electron chi connectivity index (χ3n) is 3.99. The molecule has 0 aliphatic heterocycles. The Morgan fingerprint density at radius 2 is 1.77 bits per heavy atom. The maximum Gasteiger partial charge on any atom is 0.270 e. The summed E-state index contributed by atoms with van der Waals surface area (Å²) in [5.41, 5.74) is 3.12. The van der Waals surface area contributed by atoms with Gasteiger partial charge in [-0.15, -0.1) is 0 Å². The van der Waals surface area contributed by atoms with Crippen LogP contribution in [-0.4, -0.2) is 10.1 Å². The fourth-order valence-corrected chi connectivity index (χ4v) is 2.52. The summed E-state index contributed by atoms with van der Waals surface area (Å²) >= 11 is 0. The van der Waals surface area contributed by atoms with E-state index in [0.717, 1.165) is 18.1 Å². The monoisotopic (exact) mass is 352 g/mol. The van der Waals surface area contributed by atoms with Crippen LogP contribution in [0.3, 0.4) is 0 Å². The molecule has 3 rings (SSSR count). The van der Waals surface area contributed by atoms with E-state index < -0.39 is 5.92 Å². The van der Waals surface area contributed by atoms with Crippen molar-refractivity contribution in [2.75, 3.05) is 5.32 Å². The lowest BCUT2D eigenvalue weighted by Gasteiger charge is -2.13. The highest BCUT2D eigenvalue weighted by atomic mass is 19.3. The molecule has 0 fully saturated rings. The Morgan fingerprint density at radius 3 is 2.42 bits per heavy atom. The molecule has 26 heavy (non-hydrogen) atoms. The minimum absolute atomic E-state index is 0.0720. The maximum atomic E-state index is 13.5. The van der Waals surface area contributed by atoms with Crippen LogP contribution >= 0.6 is 0 Å². The number of halogens is 2. The van der Waals surface area contributed by atoms with Crippen LogP contribution < -0.4 is 5.32 Å². The van der Waals surface area contributed by atoms with E-state index in [4.69, 9.17) is 0 Å². The van der Waals surface area contributed by atoms with E-state index in [1.165, 1.54) is 18.3 Å². The molecule has 1 heterocycles. The van der Waals surface area contributed by atoms with Gasteiger partial charge in [0.25, 0.3) is 5.92 Å². The molecular weight excluding hydrogens is 334 g/mol. The van der Waals surface area contributed by atoms with Crippen molar-refractivity contribution in [3.63, 3.8) is 0 Å². The molecule has 1 aromatic heterocycles. The summed E-state index contributed by atoms with van der Waals surface area (Å²) in [5, 5.41) is 12.9. The predicted octanol–water partition coefficient (Wildman–Crippen LogP) is 5.65. The van der Waals surface area contributed by atoms with Crippen molar-refractivity contribution < 1.29 is 13.9 Å². The number of aromatic nitrogens is 1. The minimum Gasteiger partial charge on any atom is -0.506 e. The number of anilines is 1. The minimum atomic E-state index is -2.91. The van der Waals surface area contributed by atoms with E-state index in [0.29, 0.717) is 17.1 Å². The van der Waals surface area contributed by atoms with Gasteiger partial charge in [-0.05, 0) is 29.8 Å². The van der Waals surface area contributed by atoms with Gasteiger partial charge in [0.1, 0.15) is 5.75 Å². The maximum absolute atomic E-state index is 13.5. The molecule has 0 spiro atoms. The lowest BCUT2D eigenvalue weighted by atomic mass is 10.0. The fourth-order valence-electron chi connectivity index (χ4n) is 2.52. The summed E-state index contributed by atoms with van der Waals surface area (Å²) < 4.78 is 27.0. The number of para-hydroxylation sites is 2. The van der Waals surface area contributed by atoms with E-state index in [-0.39, 0.29) is 11.3 Å². The average Bonchev–Trinajstić information content (AvgIpc) is 2.63. The van der Waals surface area contributed by atoms with Crippen molar-refractivity contribution in [1.82, 2.24) is 4.98 Å². The molecule has 2 aromatic carbocycles. The van der Waals surface area contributed by atoms with Gasteiger partial charge in [0.15, 0.2) is 0 Å². The molecule has 132 valence electrons. The molecule has 0 bridgehead atoms. The van der Waals surface area contributed by atoms with Crippen molar-refractivity contribution in [1.29, 1.82) is 0 Å². The quantitative estimate of drug-likeness (QED) is 0.583. The van der Waals surface area contributed by atoms with Gasteiger partial charge < -0.3 is 10.4 Å². The highest BCUT2D eigenvalue weighted by Gasteiger charge is 2.24. The summed E-state index contributed by atoms with van der Waals surface area (Å²) in [6.45, 7) is 4.84. The number of benzene rings is 2. The van der Waals surface area contributed by atoms with E-state index >= 15 is 0 Å². The van der Waals surface area contributed by atoms with Crippen LogP contribution in [-0.2, 0) is 5.92 Å². The summed E-state index contributed by atoms with van der Waals surface area (Å²) in [5.74, 6) is -2.78. The van der Waals surface area contributed by atoms with Gasteiger partial charge in [-0.25, -0.2) is 8.78 Å². The molecule has 0 radical (unpaired) electrons. The van der Waals surface area contributed by atoms with Crippen molar-refractivity contribution in [2.24, 2.45) is 0 Å². The second-order valence-electron chi connectivity index (χ2n) is 6.02. The van der Waals surface area contributed by atoms with Crippen LogP contribution in [0.2, 0.25) is 0 Å². The van der Waals surface area contributed by atoms with Crippen molar-refractivity contribution >= 4 is 11.4 Å². The number of hydrogen-bond acceptors (Lipinski definition) is 3. The van der Waals surface area contributed by atoms with Crippen LogP contribution in [0.4, 0.5) is 14.5 Å². The Balaban J connectivity index is 1.81. The molecule has 0 saturated carbocycles. The highest BCUT2D eigenvalue weighted by molar-refractivity contribution is 5.78. The molecule has 0 saturated heterocycles. The number of nitrogens with one attached hydrogen (secondary N) is 1. The first-order valence-corrected chi connectivity index (χ1v) is 8.04. The third-order valence-corrected chi connectivity index (χ3v) is 3.99. The molecule has 5 heteroatoms. The highest BCUT2D eigenvalue weighted by Crippen LogP contribution is 2.30. The molecule has 3 aromatic rings. The standard InChI is InChI=1S/C21H18F2N2O/c1-14(25-18-5-3-4-6-20(18)26)15-7-9-16(10-8-15)19-13-17(11-12-24-19)21(2,22)23/h3-13,25-26H,1H2,2H3. The lowest BCUT2D eigenvalue weighted by molar-refractivity contribution is 0.0174. The van der Waals surface area contributed by atoms with Crippen LogP contribution in [0.15, 0.2) is 73.4 Å². The molecule has 2 N–H and O–H groups in total. The van der Waals surface area contributed by atoms with E-state index in [1.807, 2.05) is 12.1 Å². The second kappa shape index (κ2) is 6.96. The van der Waals surface area contributed by atoms with Crippen molar-refractivity contribution in [3.8, 4) is 17.0 Å². The topological polar surface area (TPSA) is 45.1 Å². The van der Waals surface area contributed by atoms with Crippen LogP contribution in [0.25, 0.3) is 17.0 Å². The summed E-state index contributed by atoms with van der Waals surface area (Å²) in [4.78, 5) is 4.17. The SMILES string of the molecule is C=C(Nc1ccccc1O)c1ccc(-c2cc(C(C)(F)F)ccn2)cc1. The zero-order valence-electron chi connectivity index (χ0n) is 14.2. The first-order chi connectivity index (χ1) is 12.3. The number of phenols is 1. The Labute approximate surface area is 150 Å². The number of rotatable bonds is 5. The van der Waals surface area contributed by atoms with E-state index in [1.54, 1.807) is 36.4 Å². The van der Waals surface area contributed by atoms with Gasteiger partial charge in [0.2, 0.25) is 0 Å². The molecule has 3 nitrogen and oxygen atoms in total. The van der Waals surface area contributed by atoms with Crippen LogP contribution in [0.1, 0.15) is 18.1 Å². The number of pyridine rings is 1. The van der Waals surface area contributed by atoms with Gasteiger partial charge in [0, 0.05) is 29.9 Å². The van der Waals surface area contributed by atoms with E-state index in [2.05, 4.69) is 16.9 Å². The first-order valence-electron chi connectivity index (χ1n) is 8.04. The van der Waals surface area contributed by atoms with Gasteiger partial charge in [0.05, 0.1) is 11.4 Å². The van der Waals surface area contributed by atoms with Gasteiger partial charge in [-0.2, -0.15) is 0 Å². The Kier molecular flexibility index (Phi) is 4.71. The number of phenolic OH excluding ortho intramolecular Hbond substituents is 1. The van der Waals surface area contributed by atoms with Crippen LogP contribution in [0.5, 0.6) is 5.75 Å². The second-order valence-corrected chi connectivity index (χ2v) is 6.02. The van der Waals surface area contributed by atoms with E-state index in [9.17, 15) is 13.9 Å². The summed E-state index contributed by atoms with van der Waals surface area (Å²) in [6, 6.07) is 16.8. The average molecular weight is 352 g/mol. The Bertz CT molecular complexity index is 931. The van der Waals surface area contributed by atoms with Gasteiger partial charge in [-0.1, -0.05) is 43.0 Å². The third kappa shape index (κ3) is 3.88. The zero-order valence-corrected chi connectivity index (χ0v) is 14.2. The molecule has 0 unspecified atom stereocenters. The largest absolute Gasteiger partial charge is 0.506 e. The van der Waals surface area contributed by atoms with Crippen molar-refractivity contribution in [3.05, 3.63) is 84.6 Å². The zero-order chi connectivity index (χ0) is 18.7. The fraction of sp³-hybridized carbons (Fsp3) is 0.0952. The molecule has 0 amide bonds. The number of aromatic hydroxyl groups is 1. The molecular formula is C21H18F2N2O. The smallest absolute Gasteiger partial charge is 0.270 e. The van der Waals surface area contributed by atoms with Gasteiger partial charge in [-0.3, -0.25) is 4.98 Å².